The quantitative estimate of drug-likeness (QED) is 0.890. The molecule has 1 atom stereocenters. The average molecular weight is 346 g/mol. The molecule has 24 heavy (non-hydrogen) atoms. The molecule has 0 saturated carbocycles. The third kappa shape index (κ3) is 3.91. The van der Waals surface area contributed by atoms with Crippen molar-refractivity contribution in [3.8, 4) is 5.75 Å². The van der Waals surface area contributed by atoms with Crippen LogP contribution in [0.15, 0.2) is 17.6 Å². The standard InChI is InChI=1S/C17H22N4O2S/c1-11-6-14(15(22)7-12(11)2)9-21-5-3-4-13(8-21)16(23)19-17-20-18-10-24-17/h6-7,10,13,22H,3-5,8-9H2,1-2H3,(H,19,20,23)/t13-/m1/s1. The zero-order valence-corrected chi connectivity index (χ0v) is 14.8. The molecule has 0 spiro atoms. The molecule has 3 rings (SSSR count). The largest absolute Gasteiger partial charge is 0.508 e. The van der Waals surface area contributed by atoms with Crippen molar-refractivity contribution >= 4 is 22.4 Å². The number of carbonyl (C=O) groups is 1. The minimum absolute atomic E-state index is 0.000702. The van der Waals surface area contributed by atoms with E-state index in [-0.39, 0.29) is 11.8 Å². The molecule has 7 heteroatoms. The van der Waals surface area contributed by atoms with Crippen LogP contribution in [0.3, 0.4) is 0 Å². The molecule has 6 nitrogen and oxygen atoms in total. The van der Waals surface area contributed by atoms with Crippen molar-refractivity contribution in [2.24, 2.45) is 5.92 Å². The van der Waals surface area contributed by atoms with Gasteiger partial charge in [-0.15, -0.1) is 10.2 Å². The van der Waals surface area contributed by atoms with Crippen molar-refractivity contribution in [3.05, 3.63) is 34.3 Å². The Balaban J connectivity index is 1.63. The number of phenols is 1. The highest BCUT2D eigenvalue weighted by Gasteiger charge is 2.26. The van der Waals surface area contributed by atoms with Crippen molar-refractivity contribution in [1.29, 1.82) is 0 Å². The van der Waals surface area contributed by atoms with Gasteiger partial charge < -0.3 is 10.4 Å². The predicted molar refractivity (Wildman–Crippen MR) is 94.1 cm³/mol. The fraction of sp³-hybridized carbons (Fsp3) is 0.471. The summed E-state index contributed by atoms with van der Waals surface area (Å²) >= 11 is 1.32. The first kappa shape index (κ1) is 16.9. The van der Waals surface area contributed by atoms with E-state index in [1.54, 1.807) is 5.51 Å². The van der Waals surface area contributed by atoms with Crippen LogP contribution in [0.2, 0.25) is 0 Å². The maximum Gasteiger partial charge on any atom is 0.230 e. The molecule has 1 saturated heterocycles. The van der Waals surface area contributed by atoms with Crippen LogP contribution in [-0.4, -0.2) is 39.2 Å². The summed E-state index contributed by atoms with van der Waals surface area (Å²) in [5.41, 5.74) is 4.78. The van der Waals surface area contributed by atoms with Gasteiger partial charge in [0.1, 0.15) is 11.3 Å². The van der Waals surface area contributed by atoms with Crippen LogP contribution in [0.4, 0.5) is 5.13 Å². The number of amides is 1. The lowest BCUT2D eigenvalue weighted by Crippen LogP contribution is -2.40. The van der Waals surface area contributed by atoms with Crippen LogP contribution in [0.25, 0.3) is 0 Å². The summed E-state index contributed by atoms with van der Waals surface area (Å²) in [6.45, 7) is 6.34. The first-order valence-corrected chi connectivity index (χ1v) is 8.99. The lowest BCUT2D eigenvalue weighted by molar-refractivity contribution is -0.121. The van der Waals surface area contributed by atoms with Gasteiger partial charge in [0.25, 0.3) is 0 Å². The van der Waals surface area contributed by atoms with Gasteiger partial charge in [-0.1, -0.05) is 17.4 Å². The van der Waals surface area contributed by atoms with Crippen LogP contribution < -0.4 is 5.32 Å². The number of nitrogens with zero attached hydrogens (tertiary/aromatic N) is 3. The van der Waals surface area contributed by atoms with E-state index in [9.17, 15) is 9.90 Å². The van der Waals surface area contributed by atoms with Gasteiger partial charge in [-0.05, 0) is 50.4 Å². The van der Waals surface area contributed by atoms with Gasteiger partial charge in [0, 0.05) is 18.7 Å². The SMILES string of the molecule is Cc1cc(O)c(CN2CCC[C@@H](C(=O)Nc3nncs3)C2)cc1C. The third-order valence-corrected chi connectivity index (χ3v) is 5.16. The van der Waals surface area contributed by atoms with Crippen molar-refractivity contribution in [2.75, 3.05) is 18.4 Å². The first-order chi connectivity index (χ1) is 11.5. The number of phenolic OH excluding ortho intramolecular Hbond substituents is 1. The Morgan fingerprint density at radius 1 is 1.42 bits per heavy atom. The molecule has 1 fully saturated rings. The molecule has 128 valence electrons. The van der Waals surface area contributed by atoms with Crippen LogP contribution in [-0.2, 0) is 11.3 Å². The highest BCUT2D eigenvalue weighted by Crippen LogP contribution is 2.26. The number of benzene rings is 1. The number of nitrogens with one attached hydrogen (secondary N) is 1. The summed E-state index contributed by atoms with van der Waals surface area (Å²) in [5.74, 6) is 0.274. The van der Waals surface area contributed by atoms with E-state index in [1.165, 1.54) is 16.9 Å². The number of aromatic nitrogens is 2. The molecule has 0 bridgehead atoms. The van der Waals surface area contributed by atoms with Crippen LogP contribution in [0.5, 0.6) is 5.75 Å². The molecule has 2 aromatic rings. The normalized spacial score (nSPS) is 18.5. The maximum absolute atomic E-state index is 12.4. The summed E-state index contributed by atoms with van der Waals surface area (Å²) < 4.78 is 0. The minimum Gasteiger partial charge on any atom is -0.508 e. The minimum atomic E-state index is -0.0589. The number of anilines is 1. The summed E-state index contributed by atoms with van der Waals surface area (Å²) in [5, 5.41) is 21.1. The van der Waals surface area contributed by atoms with E-state index in [0.717, 1.165) is 30.5 Å². The third-order valence-electron chi connectivity index (χ3n) is 4.56. The van der Waals surface area contributed by atoms with E-state index >= 15 is 0 Å². The number of likely N-dealkylation sites (tertiary alicyclic amines) is 1. The zero-order valence-electron chi connectivity index (χ0n) is 14.0. The summed E-state index contributed by atoms with van der Waals surface area (Å²) in [4.78, 5) is 14.6. The molecule has 0 unspecified atom stereocenters. The van der Waals surface area contributed by atoms with Gasteiger partial charge in [0.05, 0.1) is 5.92 Å². The fourth-order valence-electron chi connectivity index (χ4n) is 3.08. The molecular formula is C17H22N4O2S. The topological polar surface area (TPSA) is 78.4 Å². The number of hydrogen-bond donors (Lipinski definition) is 2. The molecule has 1 aromatic heterocycles. The first-order valence-electron chi connectivity index (χ1n) is 8.11. The van der Waals surface area contributed by atoms with Crippen molar-refractivity contribution in [1.82, 2.24) is 15.1 Å². The van der Waals surface area contributed by atoms with Crippen LogP contribution >= 0.6 is 11.3 Å². The Morgan fingerprint density at radius 3 is 2.96 bits per heavy atom. The van der Waals surface area contributed by atoms with Crippen LogP contribution in [0, 0.1) is 19.8 Å². The number of aryl methyl sites for hydroxylation is 2. The van der Waals surface area contributed by atoms with Gasteiger partial charge in [0.2, 0.25) is 11.0 Å². The Hall–Kier alpha value is -1.99. The molecule has 2 N–H and O–H groups in total. The summed E-state index contributed by atoms with van der Waals surface area (Å²) in [7, 11) is 0. The number of aromatic hydroxyl groups is 1. The van der Waals surface area contributed by atoms with Crippen LogP contribution in [0.1, 0.15) is 29.5 Å². The molecule has 0 radical (unpaired) electrons. The van der Waals surface area contributed by atoms with E-state index in [2.05, 4.69) is 20.4 Å². The second kappa shape index (κ2) is 7.27. The van der Waals surface area contributed by atoms with E-state index < -0.39 is 0 Å². The van der Waals surface area contributed by atoms with Crippen molar-refractivity contribution in [3.63, 3.8) is 0 Å². The summed E-state index contributed by atoms with van der Waals surface area (Å²) in [6, 6.07) is 3.85. The molecule has 1 aromatic carbocycles. The molecule has 1 aliphatic heterocycles. The highest BCUT2D eigenvalue weighted by molar-refractivity contribution is 7.13. The molecule has 2 heterocycles. The maximum atomic E-state index is 12.4. The molecule has 1 amide bonds. The number of hydrogen-bond acceptors (Lipinski definition) is 6. The lowest BCUT2D eigenvalue weighted by Gasteiger charge is -2.32. The highest BCUT2D eigenvalue weighted by atomic mass is 32.1. The Morgan fingerprint density at radius 2 is 2.21 bits per heavy atom. The number of carbonyl (C=O) groups excluding carboxylic acids is 1. The van der Waals surface area contributed by atoms with Crippen molar-refractivity contribution < 1.29 is 9.90 Å². The molecule has 1 aliphatic rings. The van der Waals surface area contributed by atoms with Gasteiger partial charge in [-0.2, -0.15) is 0 Å². The number of piperidine rings is 1. The smallest absolute Gasteiger partial charge is 0.230 e. The molecule has 0 aliphatic carbocycles. The van der Waals surface area contributed by atoms with Gasteiger partial charge >= 0.3 is 0 Å². The van der Waals surface area contributed by atoms with E-state index in [1.807, 2.05) is 26.0 Å². The Kier molecular flexibility index (Phi) is 5.11. The summed E-state index contributed by atoms with van der Waals surface area (Å²) in [6.07, 6.45) is 1.85. The van der Waals surface area contributed by atoms with Crippen molar-refractivity contribution in [2.45, 2.75) is 33.2 Å². The number of rotatable bonds is 4. The zero-order chi connectivity index (χ0) is 17.1. The monoisotopic (exact) mass is 346 g/mol. The second-order valence-corrected chi connectivity index (χ2v) is 7.21. The van der Waals surface area contributed by atoms with E-state index in [0.29, 0.717) is 24.0 Å². The van der Waals surface area contributed by atoms with Gasteiger partial charge in [0.15, 0.2) is 0 Å². The van der Waals surface area contributed by atoms with E-state index in [4.69, 9.17) is 0 Å². The Bertz CT molecular complexity index is 718. The predicted octanol–water partition coefficient (Wildman–Crippen LogP) is 2.71. The fourth-order valence-corrected chi connectivity index (χ4v) is 3.52. The second-order valence-electron chi connectivity index (χ2n) is 6.37. The Labute approximate surface area is 145 Å². The average Bonchev–Trinajstić information content (AvgIpc) is 3.06. The van der Waals surface area contributed by atoms with Gasteiger partial charge in [-0.25, -0.2) is 0 Å². The van der Waals surface area contributed by atoms with Gasteiger partial charge in [-0.3, -0.25) is 9.69 Å². The lowest BCUT2D eigenvalue weighted by atomic mass is 9.96. The molecular weight excluding hydrogens is 324 g/mol.